The van der Waals surface area contributed by atoms with Gasteiger partial charge >= 0.3 is 6.03 Å². The summed E-state index contributed by atoms with van der Waals surface area (Å²) in [7, 11) is 0. The monoisotopic (exact) mass is 290 g/mol. The molecule has 1 fully saturated rings. The van der Waals surface area contributed by atoms with Crippen LogP contribution < -0.4 is 5.32 Å². The molecule has 1 atom stereocenters. The van der Waals surface area contributed by atoms with Crippen molar-refractivity contribution in [3.63, 3.8) is 0 Å². The molecule has 4 nitrogen and oxygen atoms in total. The fraction of sp³-hybridized carbons (Fsp3) is 0.467. The number of rotatable bonds is 3. The lowest BCUT2D eigenvalue weighted by Crippen LogP contribution is -2.38. The van der Waals surface area contributed by atoms with Gasteiger partial charge in [0.15, 0.2) is 0 Å². The van der Waals surface area contributed by atoms with Crippen molar-refractivity contribution in [2.24, 2.45) is 0 Å². The molecule has 106 valence electrons. The zero-order valence-corrected chi connectivity index (χ0v) is 12.3. The molecule has 5 heteroatoms. The molecule has 20 heavy (non-hydrogen) atoms. The van der Waals surface area contributed by atoms with E-state index in [4.69, 9.17) is 0 Å². The summed E-state index contributed by atoms with van der Waals surface area (Å²) >= 11 is 1.54. The van der Waals surface area contributed by atoms with Gasteiger partial charge in [-0.15, -0.1) is 11.8 Å². The van der Waals surface area contributed by atoms with Crippen LogP contribution in [-0.2, 0) is 17.6 Å². The Morgan fingerprint density at radius 2 is 2.15 bits per heavy atom. The van der Waals surface area contributed by atoms with Crippen LogP contribution in [0.25, 0.3) is 0 Å². The van der Waals surface area contributed by atoms with Crippen molar-refractivity contribution in [2.45, 2.75) is 36.3 Å². The highest BCUT2D eigenvalue weighted by atomic mass is 32.2. The Hall–Kier alpha value is -1.49. The standard InChI is InChI=1S/C15H18N2O2S/c1-10(14(18)17-8-7-16-15(17)19)20-13-6-5-11-3-2-4-12(11)9-13/h5-6,9-10H,2-4,7-8H2,1H3,(H,16,19)/t10-/m0/s1. The van der Waals surface area contributed by atoms with Gasteiger partial charge < -0.3 is 5.32 Å². The fourth-order valence-corrected chi connectivity index (χ4v) is 3.77. The van der Waals surface area contributed by atoms with Crippen molar-refractivity contribution < 1.29 is 9.59 Å². The lowest BCUT2D eigenvalue weighted by Gasteiger charge is -2.17. The summed E-state index contributed by atoms with van der Waals surface area (Å²) in [4.78, 5) is 26.2. The molecule has 3 amide bonds. The summed E-state index contributed by atoms with van der Waals surface area (Å²) in [5.74, 6) is -0.106. The molecular formula is C15H18N2O2S. The van der Waals surface area contributed by atoms with Gasteiger partial charge in [-0.25, -0.2) is 4.79 Å². The van der Waals surface area contributed by atoms with Crippen LogP contribution in [0.5, 0.6) is 0 Å². The third-order valence-electron chi connectivity index (χ3n) is 3.85. The summed E-state index contributed by atoms with van der Waals surface area (Å²) < 4.78 is 0. The number of hydrogen-bond donors (Lipinski definition) is 1. The topological polar surface area (TPSA) is 49.4 Å². The van der Waals surface area contributed by atoms with Crippen molar-refractivity contribution in [1.82, 2.24) is 10.2 Å². The molecule has 1 aromatic rings. The van der Waals surface area contributed by atoms with E-state index in [1.165, 1.54) is 40.6 Å². The van der Waals surface area contributed by atoms with Crippen molar-refractivity contribution in [1.29, 1.82) is 0 Å². The number of thioether (sulfide) groups is 1. The first-order chi connectivity index (χ1) is 9.65. The predicted octanol–water partition coefficient (Wildman–Crippen LogP) is 2.21. The average molecular weight is 290 g/mol. The first kappa shape index (κ1) is 13.5. The van der Waals surface area contributed by atoms with Crippen LogP contribution in [0.4, 0.5) is 4.79 Å². The second kappa shape index (κ2) is 5.48. The van der Waals surface area contributed by atoms with E-state index in [9.17, 15) is 9.59 Å². The van der Waals surface area contributed by atoms with E-state index in [0.717, 1.165) is 11.3 Å². The van der Waals surface area contributed by atoms with Gasteiger partial charge in [0.25, 0.3) is 0 Å². The molecule has 1 N–H and O–H groups in total. The first-order valence-electron chi connectivity index (χ1n) is 7.03. The summed E-state index contributed by atoms with van der Waals surface area (Å²) in [5, 5.41) is 2.42. The SMILES string of the molecule is C[C@H](Sc1ccc2c(c1)CCC2)C(=O)N1CCNC1=O. The van der Waals surface area contributed by atoms with Gasteiger partial charge in [0.05, 0.1) is 5.25 Å². The van der Waals surface area contributed by atoms with Crippen LogP contribution in [-0.4, -0.2) is 35.2 Å². The molecule has 0 bridgehead atoms. The Balaban J connectivity index is 1.68. The number of nitrogens with one attached hydrogen (secondary N) is 1. The Labute approximate surface area is 122 Å². The molecular weight excluding hydrogens is 272 g/mol. The number of carbonyl (C=O) groups excluding carboxylic acids is 2. The summed E-state index contributed by atoms with van der Waals surface area (Å²) in [6.07, 6.45) is 3.54. The van der Waals surface area contributed by atoms with Crippen molar-refractivity contribution in [3.05, 3.63) is 29.3 Å². The molecule has 3 rings (SSSR count). The van der Waals surface area contributed by atoms with Crippen LogP contribution in [0.3, 0.4) is 0 Å². The van der Waals surface area contributed by atoms with Gasteiger partial charge in [-0.05, 0) is 49.4 Å². The molecule has 1 saturated heterocycles. The highest BCUT2D eigenvalue weighted by Crippen LogP contribution is 2.30. The van der Waals surface area contributed by atoms with Gasteiger partial charge in [-0.1, -0.05) is 6.07 Å². The molecule has 1 heterocycles. The van der Waals surface area contributed by atoms with Gasteiger partial charge in [-0.2, -0.15) is 0 Å². The molecule has 1 aliphatic carbocycles. The number of carbonyl (C=O) groups is 2. The second-order valence-electron chi connectivity index (χ2n) is 5.27. The first-order valence-corrected chi connectivity index (χ1v) is 7.91. The van der Waals surface area contributed by atoms with E-state index in [-0.39, 0.29) is 17.2 Å². The fourth-order valence-electron chi connectivity index (χ4n) is 2.78. The normalized spacial score (nSPS) is 18.9. The summed E-state index contributed by atoms with van der Waals surface area (Å²) in [6.45, 7) is 2.90. The van der Waals surface area contributed by atoms with Crippen molar-refractivity contribution in [3.8, 4) is 0 Å². The number of fused-ring (bicyclic) bond motifs is 1. The Bertz CT molecular complexity index is 559. The Kier molecular flexibility index (Phi) is 3.70. The third kappa shape index (κ3) is 2.54. The molecule has 1 aliphatic heterocycles. The zero-order chi connectivity index (χ0) is 14.1. The van der Waals surface area contributed by atoms with E-state index in [0.29, 0.717) is 13.1 Å². The average Bonchev–Trinajstić information content (AvgIpc) is 3.05. The highest BCUT2D eigenvalue weighted by molar-refractivity contribution is 8.00. The molecule has 0 spiro atoms. The van der Waals surface area contributed by atoms with Crippen LogP contribution in [0, 0.1) is 0 Å². The summed E-state index contributed by atoms with van der Waals surface area (Å²) in [5.41, 5.74) is 2.85. The Morgan fingerprint density at radius 3 is 2.90 bits per heavy atom. The number of aryl methyl sites for hydroxylation is 2. The van der Waals surface area contributed by atoms with Gasteiger partial charge in [0, 0.05) is 18.0 Å². The minimum absolute atomic E-state index is 0.106. The maximum absolute atomic E-state index is 12.2. The van der Waals surface area contributed by atoms with Crippen molar-refractivity contribution >= 4 is 23.7 Å². The molecule has 1 aromatic carbocycles. The smallest absolute Gasteiger partial charge is 0.324 e. The Morgan fingerprint density at radius 1 is 1.35 bits per heavy atom. The number of urea groups is 1. The minimum atomic E-state index is -0.267. The van der Waals surface area contributed by atoms with Crippen LogP contribution in [0.1, 0.15) is 24.5 Å². The molecule has 0 radical (unpaired) electrons. The van der Waals surface area contributed by atoms with Gasteiger partial charge in [0.2, 0.25) is 5.91 Å². The predicted molar refractivity (Wildman–Crippen MR) is 78.9 cm³/mol. The van der Waals surface area contributed by atoms with E-state index < -0.39 is 0 Å². The number of benzene rings is 1. The maximum Gasteiger partial charge on any atom is 0.324 e. The highest BCUT2D eigenvalue weighted by Gasteiger charge is 2.30. The zero-order valence-electron chi connectivity index (χ0n) is 11.5. The van der Waals surface area contributed by atoms with Gasteiger partial charge in [-0.3, -0.25) is 9.69 Å². The van der Waals surface area contributed by atoms with Crippen LogP contribution in [0.15, 0.2) is 23.1 Å². The molecule has 0 unspecified atom stereocenters. The van der Waals surface area contributed by atoms with E-state index in [1.807, 2.05) is 6.92 Å². The second-order valence-corrected chi connectivity index (χ2v) is 6.68. The minimum Gasteiger partial charge on any atom is -0.336 e. The lowest BCUT2D eigenvalue weighted by atomic mass is 10.1. The van der Waals surface area contributed by atoms with E-state index in [2.05, 4.69) is 23.5 Å². The van der Waals surface area contributed by atoms with Crippen LogP contribution in [0.2, 0.25) is 0 Å². The van der Waals surface area contributed by atoms with Crippen LogP contribution >= 0.6 is 11.8 Å². The number of imide groups is 1. The maximum atomic E-state index is 12.2. The molecule has 2 aliphatic rings. The van der Waals surface area contributed by atoms with E-state index >= 15 is 0 Å². The van der Waals surface area contributed by atoms with Crippen molar-refractivity contribution in [2.75, 3.05) is 13.1 Å². The third-order valence-corrected chi connectivity index (χ3v) is 4.93. The number of hydrogen-bond acceptors (Lipinski definition) is 3. The number of nitrogens with zero attached hydrogens (tertiary/aromatic N) is 1. The largest absolute Gasteiger partial charge is 0.336 e. The summed E-state index contributed by atoms with van der Waals surface area (Å²) in [6, 6.07) is 6.19. The number of amides is 3. The molecule has 0 saturated carbocycles. The van der Waals surface area contributed by atoms with E-state index in [1.54, 1.807) is 0 Å². The van der Waals surface area contributed by atoms with Gasteiger partial charge in [0.1, 0.15) is 0 Å². The lowest BCUT2D eigenvalue weighted by molar-refractivity contribution is -0.126. The quantitative estimate of drug-likeness (QED) is 0.868. The molecule has 0 aromatic heterocycles.